The molecule has 7 nitrogen and oxygen atoms in total. The molecule has 0 radical (unpaired) electrons. The zero-order valence-corrected chi connectivity index (χ0v) is 17.7. The Morgan fingerprint density at radius 1 is 1.03 bits per heavy atom. The van der Waals surface area contributed by atoms with E-state index < -0.39 is 11.9 Å². The van der Waals surface area contributed by atoms with Crippen molar-refractivity contribution in [2.75, 3.05) is 19.5 Å². The van der Waals surface area contributed by atoms with E-state index in [0.29, 0.717) is 22.9 Å². The molecule has 7 heteroatoms. The van der Waals surface area contributed by atoms with Gasteiger partial charge in [0.1, 0.15) is 17.5 Å². The Morgan fingerprint density at radius 2 is 1.80 bits per heavy atom. The number of nitrogens with zero attached hydrogens (tertiary/aromatic N) is 2. The van der Waals surface area contributed by atoms with Crippen LogP contribution in [-0.2, 0) is 4.79 Å². The lowest BCUT2D eigenvalue weighted by Gasteiger charge is -2.17. The van der Waals surface area contributed by atoms with E-state index in [4.69, 9.17) is 9.47 Å². The van der Waals surface area contributed by atoms with Crippen LogP contribution in [0.5, 0.6) is 11.5 Å². The van der Waals surface area contributed by atoms with Crippen molar-refractivity contribution in [3.8, 4) is 22.8 Å². The van der Waals surface area contributed by atoms with E-state index in [2.05, 4.69) is 10.4 Å². The molecular weight excluding hydrogens is 382 g/mol. The number of aryl methyl sites for hydroxylation is 2. The summed E-state index contributed by atoms with van der Waals surface area (Å²) in [6, 6.07) is 13.4. The smallest absolute Gasteiger partial charge is 0.267 e. The first-order valence-electron chi connectivity index (χ1n) is 9.54. The van der Waals surface area contributed by atoms with Crippen LogP contribution in [0.1, 0.15) is 24.1 Å². The van der Waals surface area contributed by atoms with Crippen molar-refractivity contribution in [3.63, 3.8) is 0 Å². The van der Waals surface area contributed by atoms with Crippen molar-refractivity contribution in [1.29, 1.82) is 0 Å². The monoisotopic (exact) mass is 407 g/mol. The molecule has 0 unspecified atom stereocenters. The second-order valence-electron chi connectivity index (χ2n) is 7.05. The van der Waals surface area contributed by atoms with E-state index in [0.717, 1.165) is 16.7 Å². The summed E-state index contributed by atoms with van der Waals surface area (Å²) in [6.45, 7) is 5.61. The molecule has 0 saturated carbocycles. The Morgan fingerprint density at radius 3 is 2.50 bits per heavy atom. The van der Waals surface area contributed by atoms with E-state index in [-0.39, 0.29) is 5.56 Å². The van der Waals surface area contributed by atoms with Crippen molar-refractivity contribution in [3.05, 3.63) is 70.0 Å². The predicted octanol–water partition coefficient (Wildman–Crippen LogP) is 3.74. The zero-order chi connectivity index (χ0) is 21.8. The molecular formula is C23H25N3O4. The van der Waals surface area contributed by atoms with Crippen LogP contribution in [0, 0.1) is 13.8 Å². The molecule has 1 N–H and O–H groups in total. The summed E-state index contributed by atoms with van der Waals surface area (Å²) in [4.78, 5) is 25.3. The van der Waals surface area contributed by atoms with Crippen molar-refractivity contribution in [2.45, 2.75) is 26.8 Å². The van der Waals surface area contributed by atoms with Crippen LogP contribution in [-0.4, -0.2) is 29.9 Å². The van der Waals surface area contributed by atoms with Crippen LogP contribution in [0.2, 0.25) is 0 Å². The third-order valence-electron chi connectivity index (χ3n) is 4.90. The number of aromatic nitrogens is 2. The number of amides is 1. The number of hydrogen-bond donors (Lipinski definition) is 1. The molecule has 1 heterocycles. The normalized spacial score (nSPS) is 11.6. The lowest BCUT2D eigenvalue weighted by atomic mass is 10.0. The number of anilines is 1. The van der Waals surface area contributed by atoms with Gasteiger partial charge >= 0.3 is 0 Å². The molecule has 156 valence electrons. The van der Waals surface area contributed by atoms with Gasteiger partial charge in [0.15, 0.2) is 0 Å². The lowest BCUT2D eigenvalue weighted by molar-refractivity contribution is -0.119. The second kappa shape index (κ2) is 8.82. The van der Waals surface area contributed by atoms with Crippen molar-refractivity contribution in [1.82, 2.24) is 9.78 Å². The maximum absolute atomic E-state index is 12.9. The van der Waals surface area contributed by atoms with Gasteiger partial charge in [-0.05, 0) is 50.6 Å². The number of benzene rings is 2. The summed E-state index contributed by atoms with van der Waals surface area (Å²) in [5.74, 6) is 0.668. The quantitative estimate of drug-likeness (QED) is 0.673. The number of methoxy groups -OCH3 is 2. The number of hydrogen-bond acceptors (Lipinski definition) is 5. The Kier molecular flexibility index (Phi) is 6.20. The molecule has 3 aromatic rings. The highest BCUT2D eigenvalue weighted by atomic mass is 16.5. The van der Waals surface area contributed by atoms with Crippen molar-refractivity contribution < 1.29 is 14.3 Å². The average Bonchev–Trinajstić information content (AvgIpc) is 2.75. The zero-order valence-electron chi connectivity index (χ0n) is 17.7. The molecule has 0 spiro atoms. The topological polar surface area (TPSA) is 82.4 Å². The van der Waals surface area contributed by atoms with Crippen LogP contribution < -0.4 is 20.3 Å². The Balaban J connectivity index is 1.93. The van der Waals surface area contributed by atoms with E-state index in [1.807, 2.05) is 32.0 Å². The highest BCUT2D eigenvalue weighted by Gasteiger charge is 2.20. The van der Waals surface area contributed by atoms with Crippen molar-refractivity contribution in [2.24, 2.45) is 0 Å². The largest absolute Gasteiger partial charge is 0.497 e. The van der Waals surface area contributed by atoms with Gasteiger partial charge < -0.3 is 14.8 Å². The predicted molar refractivity (Wildman–Crippen MR) is 116 cm³/mol. The third-order valence-corrected chi connectivity index (χ3v) is 4.90. The first kappa shape index (κ1) is 21.1. The summed E-state index contributed by atoms with van der Waals surface area (Å²) in [6.07, 6.45) is 0. The molecule has 1 aromatic heterocycles. The first-order chi connectivity index (χ1) is 14.3. The summed E-state index contributed by atoms with van der Waals surface area (Å²) in [5.41, 5.74) is 3.78. The van der Waals surface area contributed by atoms with Crippen LogP contribution in [0.3, 0.4) is 0 Å². The highest BCUT2D eigenvalue weighted by Crippen LogP contribution is 2.29. The first-order valence-corrected chi connectivity index (χ1v) is 9.54. The molecule has 0 bridgehead atoms. The molecule has 0 aliphatic heterocycles. The van der Waals surface area contributed by atoms with Gasteiger partial charge in [-0.1, -0.05) is 17.7 Å². The summed E-state index contributed by atoms with van der Waals surface area (Å²) >= 11 is 0. The molecule has 1 amide bonds. The highest BCUT2D eigenvalue weighted by molar-refractivity contribution is 5.95. The van der Waals surface area contributed by atoms with Gasteiger partial charge in [0, 0.05) is 17.7 Å². The van der Waals surface area contributed by atoms with Crippen molar-refractivity contribution >= 4 is 11.6 Å². The van der Waals surface area contributed by atoms with E-state index in [1.165, 1.54) is 25.0 Å². The Hall–Kier alpha value is -3.61. The van der Waals surface area contributed by atoms with Crippen LogP contribution in [0.15, 0.2) is 53.3 Å². The SMILES string of the molecule is COc1ccc(OC)c(NC(=O)[C@@H](C)n2nc(-c3cc(C)ccc3C)ccc2=O)c1. The maximum atomic E-state index is 12.9. The molecule has 0 fully saturated rings. The molecule has 1 atom stereocenters. The van der Waals surface area contributed by atoms with Crippen LogP contribution >= 0.6 is 0 Å². The van der Waals surface area contributed by atoms with Gasteiger partial charge in [0.2, 0.25) is 5.91 Å². The second-order valence-corrected chi connectivity index (χ2v) is 7.05. The van der Waals surface area contributed by atoms with Gasteiger partial charge in [-0.3, -0.25) is 9.59 Å². The molecule has 0 aliphatic carbocycles. The Labute approximate surface area is 175 Å². The van der Waals surface area contributed by atoms with Gasteiger partial charge in [-0.15, -0.1) is 0 Å². The van der Waals surface area contributed by atoms with E-state index in [1.54, 1.807) is 31.2 Å². The number of nitrogens with one attached hydrogen (secondary N) is 1. The van der Waals surface area contributed by atoms with Crippen LogP contribution in [0.25, 0.3) is 11.3 Å². The fourth-order valence-corrected chi connectivity index (χ4v) is 3.12. The molecule has 30 heavy (non-hydrogen) atoms. The van der Waals surface area contributed by atoms with Gasteiger partial charge in [0.05, 0.1) is 25.6 Å². The summed E-state index contributed by atoms with van der Waals surface area (Å²) in [5, 5.41) is 7.27. The lowest BCUT2D eigenvalue weighted by Crippen LogP contribution is -2.33. The fourth-order valence-electron chi connectivity index (χ4n) is 3.12. The summed E-state index contributed by atoms with van der Waals surface area (Å²) < 4.78 is 11.7. The molecule has 0 aliphatic rings. The number of carbonyl (C=O) groups is 1. The standard InChI is InChI=1S/C23H25N3O4/c1-14-6-7-15(2)18(12-14)19-9-11-22(27)26(25-19)16(3)23(28)24-20-13-17(29-4)8-10-21(20)30-5/h6-13,16H,1-5H3,(H,24,28)/t16-/m1/s1. The van der Waals surface area contributed by atoms with Gasteiger partial charge in [-0.2, -0.15) is 5.10 Å². The summed E-state index contributed by atoms with van der Waals surface area (Å²) in [7, 11) is 3.05. The number of ether oxygens (including phenoxy) is 2. The van der Waals surface area contributed by atoms with Crippen LogP contribution in [0.4, 0.5) is 5.69 Å². The van der Waals surface area contributed by atoms with E-state index in [9.17, 15) is 9.59 Å². The number of rotatable bonds is 6. The Bertz CT molecular complexity index is 1140. The maximum Gasteiger partial charge on any atom is 0.267 e. The minimum Gasteiger partial charge on any atom is -0.497 e. The number of carbonyl (C=O) groups excluding carboxylic acids is 1. The minimum absolute atomic E-state index is 0.357. The van der Waals surface area contributed by atoms with Gasteiger partial charge in [-0.25, -0.2) is 4.68 Å². The fraction of sp³-hybridized carbons (Fsp3) is 0.261. The minimum atomic E-state index is -0.835. The van der Waals surface area contributed by atoms with Gasteiger partial charge in [0.25, 0.3) is 5.56 Å². The third kappa shape index (κ3) is 4.35. The molecule has 3 rings (SSSR count). The average molecular weight is 407 g/mol. The molecule has 2 aromatic carbocycles. The van der Waals surface area contributed by atoms with E-state index >= 15 is 0 Å². The molecule has 0 saturated heterocycles.